The fourth-order valence-corrected chi connectivity index (χ4v) is 2.02. The molecule has 0 radical (unpaired) electrons. The molecule has 0 spiro atoms. The van der Waals surface area contributed by atoms with Crippen LogP contribution in [-0.2, 0) is 0 Å². The Morgan fingerprint density at radius 2 is 2.29 bits per heavy atom. The number of halogens is 2. The standard InChI is InChI=1S/C12H15BrFNO2/c1-2-9(5-6-13)15-12(17)10-7-8(14)3-4-11(10)16/h3-4,7,9,16H,2,5-6H2,1H3,(H,15,17). The predicted molar refractivity (Wildman–Crippen MR) is 68.0 cm³/mol. The van der Waals surface area contributed by atoms with Gasteiger partial charge in [-0.05, 0) is 31.0 Å². The number of aromatic hydroxyl groups is 1. The first-order valence-corrected chi connectivity index (χ1v) is 6.56. The van der Waals surface area contributed by atoms with Crippen molar-refractivity contribution in [2.24, 2.45) is 0 Å². The van der Waals surface area contributed by atoms with Crippen LogP contribution in [0.3, 0.4) is 0 Å². The Bertz CT molecular complexity index is 398. The Morgan fingerprint density at radius 3 is 2.88 bits per heavy atom. The molecule has 2 N–H and O–H groups in total. The first kappa shape index (κ1) is 14.0. The van der Waals surface area contributed by atoms with Gasteiger partial charge in [0.25, 0.3) is 5.91 Å². The minimum Gasteiger partial charge on any atom is -0.507 e. The first-order valence-electron chi connectivity index (χ1n) is 5.43. The number of carbonyl (C=O) groups excluding carboxylic acids is 1. The van der Waals surface area contributed by atoms with Crippen LogP contribution in [-0.4, -0.2) is 22.4 Å². The fourth-order valence-electron chi connectivity index (χ4n) is 1.46. The molecule has 1 aromatic rings. The zero-order valence-electron chi connectivity index (χ0n) is 9.54. The van der Waals surface area contributed by atoms with Crippen LogP contribution in [0.5, 0.6) is 5.75 Å². The number of hydrogen-bond acceptors (Lipinski definition) is 2. The van der Waals surface area contributed by atoms with Gasteiger partial charge in [0.1, 0.15) is 11.6 Å². The van der Waals surface area contributed by atoms with E-state index >= 15 is 0 Å². The second-order valence-corrected chi connectivity index (χ2v) is 4.51. The van der Waals surface area contributed by atoms with E-state index in [4.69, 9.17) is 0 Å². The molecule has 0 heterocycles. The van der Waals surface area contributed by atoms with Crippen LogP contribution >= 0.6 is 15.9 Å². The highest BCUT2D eigenvalue weighted by Crippen LogP contribution is 2.18. The average Bonchev–Trinajstić information content (AvgIpc) is 2.31. The molecule has 0 aliphatic rings. The van der Waals surface area contributed by atoms with Gasteiger partial charge in [-0.3, -0.25) is 4.79 Å². The van der Waals surface area contributed by atoms with E-state index in [1.165, 1.54) is 6.07 Å². The van der Waals surface area contributed by atoms with Crippen LogP contribution in [0.4, 0.5) is 4.39 Å². The van der Waals surface area contributed by atoms with Gasteiger partial charge < -0.3 is 10.4 Å². The normalized spacial score (nSPS) is 12.2. The Morgan fingerprint density at radius 1 is 1.59 bits per heavy atom. The SMILES string of the molecule is CCC(CCBr)NC(=O)c1cc(F)ccc1O. The highest BCUT2D eigenvalue weighted by Gasteiger charge is 2.15. The third-order valence-electron chi connectivity index (χ3n) is 2.49. The van der Waals surface area contributed by atoms with E-state index in [0.29, 0.717) is 0 Å². The summed E-state index contributed by atoms with van der Waals surface area (Å²) in [6, 6.07) is 3.34. The summed E-state index contributed by atoms with van der Waals surface area (Å²) in [7, 11) is 0. The molecule has 5 heteroatoms. The molecule has 0 aliphatic heterocycles. The molecule has 0 aliphatic carbocycles. The second-order valence-electron chi connectivity index (χ2n) is 3.72. The number of alkyl halides is 1. The maximum Gasteiger partial charge on any atom is 0.255 e. The Balaban J connectivity index is 2.78. The quantitative estimate of drug-likeness (QED) is 0.822. The van der Waals surface area contributed by atoms with Crippen molar-refractivity contribution in [1.29, 1.82) is 0 Å². The smallest absolute Gasteiger partial charge is 0.255 e. The molecule has 1 unspecified atom stereocenters. The summed E-state index contributed by atoms with van der Waals surface area (Å²) in [4.78, 5) is 11.8. The summed E-state index contributed by atoms with van der Waals surface area (Å²) in [6.45, 7) is 1.96. The first-order chi connectivity index (χ1) is 8.08. The molecule has 3 nitrogen and oxygen atoms in total. The van der Waals surface area contributed by atoms with E-state index in [0.717, 1.165) is 30.3 Å². The van der Waals surface area contributed by atoms with Crippen molar-refractivity contribution in [2.75, 3.05) is 5.33 Å². The molecule has 1 amide bonds. The monoisotopic (exact) mass is 303 g/mol. The molecule has 0 aromatic heterocycles. The van der Waals surface area contributed by atoms with Crippen LogP contribution in [0, 0.1) is 5.82 Å². The lowest BCUT2D eigenvalue weighted by Gasteiger charge is -2.16. The molecule has 94 valence electrons. The van der Waals surface area contributed by atoms with Crippen molar-refractivity contribution >= 4 is 21.8 Å². The zero-order valence-corrected chi connectivity index (χ0v) is 11.1. The van der Waals surface area contributed by atoms with Crippen LogP contribution in [0.2, 0.25) is 0 Å². The lowest BCUT2D eigenvalue weighted by molar-refractivity contribution is 0.0932. The number of carbonyl (C=O) groups is 1. The summed E-state index contributed by atoms with van der Waals surface area (Å²) in [5.74, 6) is -1.20. The van der Waals surface area contributed by atoms with Gasteiger partial charge in [-0.15, -0.1) is 0 Å². The highest BCUT2D eigenvalue weighted by molar-refractivity contribution is 9.09. The van der Waals surface area contributed by atoms with E-state index in [-0.39, 0.29) is 17.4 Å². The van der Waals surface area contributed by atoms with E-state index < -0.39 is 11.7 Å². The molecule has 17 heavy (non-hydrogen) atoms. The van der Waals surface area contributed by atoms with Gasteiger partial charge in [-0.25, -0.2) is 4.39 Å². The average molecular weight is 304 g/mol. The van der Waals surface area contributed by atoms with Crippen LogP contribution in [0.25, 0.3) is 0 Å². The molecule has 1 aromatic carbocycles. The molecular weight excluding hydrogens is 289 g/mol. The van der Waals surface area contributed by atoms with Crippen molar-refractivity contribution in [3.05, 3.63) is 29.6 Å². The van der Waals surface area contributed by atoms with Crippen molar-refractivity contribution < 1.29 is 14.3 Å². The molecule has 0 saturated heterocycles. The summed E-state index contributed by atoms with van der Waals surface area (Å²) >= 11 is 3.30. The van der Waals surface area contributed by atoms with Gasteiger partial charge in [0.05, 0.1) is 5.56 Å². The zero-order chi connectivity index (χ0) is 12.8. The number of benzene rings is 1. The Labute approximate surface area is 108 Å². The van der Waals surface area contributed by atoms with Gasteiger partial charge in [0.15, 0.2) is 0 Å². The van der Waals surface area contributed by atoms with Gasteiger partial charge in [0.2, 0.25) is 0 Å². The lowest BCUT2D eigenvalue weighted by Crippen LogP contribution is -2.34. The van der Waals surface area contributed by atoms with Crippen molar-refractivity contribution in [3.8, 4) is 5.75 Å². The lowest BCUT2D eigenvalue weighted by atomic mass is 10.1. The van der Waals surface area contributed by atoms with E-state index in [2.05, 4.69) is 21.2 Å². The maximum atomic E-state index is 13.0. The number of phenolic OH excluding ortho intramolecular Hbond substituents is 1. The predicted octanol–water partition coefficient (Wildman–Crippen LogP) is 2.82. The molecule has 0 bridgehead atoms. The van der Waals surface area contributed by atoms with Gasteiger partial charge >= 0.3 is 0 Å². The summed E-state index contributed by atoms with van der Waals surface area (Å²) < 4.78 is 13.0. The van der Waals surface area contributed by atoms with Crippen molar-refractivity contribution in [1.82, 2.24) is 5.32 Å². The molecular formula is C12H15BrFNO2. The highest BCUT2D eigenvalue weighted by atomic mass is 79.9. The Hall–Kier alpha value is -1.10. The van der Waals surface area contributed by atoms with E-state index in [1.54, 1.807) is 0 Å². The van der Waals surface area contributed by atoms with Crippen molar-refractivity contribution in [2.45, 2.75) is 25.8 Å². The van der Waals surface area contributed by atoms with Crippen LogP contribution in [0.15, 0.2) is 18.2 Å². The van der Waals surface area contributed by atoms with E-state index in [1.807, 2.05) is 6.92 Å². The third kappa shape index (κ3) is 4.00. The maximum absolute atomic E-state index is 13.0. The molecule has 0 fully saturated rings. The summed E-state index contributed by atoms with van der Waals surface area (Å²) in [6.07, 6.45) is 1.58. The number of phenols is 1. The number of nitrogens with one attached hydrogen (secondary N) is 1. The van der Waals surface area contributed by atoms with Gasteiger partial charge in [0, 0.05) is 11.4 Å². The topological polar surface area (TPSA) is 49.3 Å². The molecule has 1 atom stereocenters. The Kier molecular flexibility index (Phi) is 5.41. The van der Waals surface area contributed by atoms with Crippen molar-refractivity contribution in [3.63, 3.8) is 0 Å². The largest absolute Gasteiger partial charge is 0.507 e. The van der Waals surface area contributed by atoms with Crippen LogP contribution in [0.1, 0.15) is 30.1 Å². The number of rotatable bonds is 5. The number of amides is 1. The van der Waals surface area contributed by atoms with Gasteiger partial charge in [-0.2, -0.15) is 0 Å². The van der Waals surface area contributed by atoms with Gasteiger partial charge in [-0.1, -0.05) is 22.9 Å². The van der Waals surface area contributed by atoms with E-state index in [9.17, 15) is 14.3 Å². The van der Waals surface area contributed by atoms with Crippen LogP contribution < -0.4 is 5.32 Å². The molecule has 1 rings (SSSR count). The minimum atomic E-state index is -0.540. The summed E-state index contributed by atoms with van der Waals surface area (Å²) in [5.41, 5.74) is -0.0296. The molecule has 0 saturated carbocycles. The summed E-state index contributed by atoms with van der Waals surface area (Å²) in [5, 5.41) is 13.0. The second kappa shape index (κ2) is 6.59. The fraction of sp³-hybridized carbons (Fsp3) is 0.417. The number of hydrogen-bond donors (Lipinski definition) is 2. The third-order valence-corrected chi connectivity index (χ3v) is 2.95. The minimum absolute atomic E-state index is 0.0181.